The number of likely N-dealkylation sites (tertiary alicyclic amines) is 1. The van der Waals surface area contributed by atoms with Gasteiger partial charge in [0.05, 0.1) is 14.2 Å². The zero-order valence-electron chi connectivity index (χ0n) is 19.7. The maximum Gasteiger partial charge on any atom is 0.348 e. The molecule has 4 heterocycles. The molecule has 1 saturated heterocycles. The van der Waals surface area contributed by atoms with Gasteiger partial charge in [-0.3, -0.25) is 4.79 Å². The van der Waals surface area contributed by atoms with Crippen molar-refractivity contribution in [3.05, 3.63) is 50.4 Å². The summed E-state index contributed by atoms with van der Waals surface area (Å²) >= 11 is 2.89. The van der Waals surface area contributed by atoms with Gasteiger partial charge >= 0.3 is 11.9 Å². The van der Waals surface area contributed by atoms with Gasteiger partial charge in [0, 0.05) is 43.9 Å². The van der Waals surface area contributed by atoms with Gasteiger partial charge in [-0.1, -0.05) is 12.1 Å². The number of methoxy groups -OCH3 is 2. The van der Waals surface area contributed by atoms with Gasteiger partial charge in [0.1, 0.15) is 15.5 Å². The first-order chi connectivity index (χ1) is 15.8. The van der Waals surface area contributed by atoms with Crippen molar-refractivity contribution < 1.29 is 23.9 Å². The lowest BCUT2D eigenvalue weighted by Gasteiger charge is -2.21. The van der Waals surface area contributed by atoms with Crippen molar-refractivity contribution in [1.29, 1.82) is 0 Å². The first-order valence-corrected chi connectivity index (χ1v) is 12.4. The zero-order chi connectivity index (χ0) is 24.2. The van der Waals surface area contributed by atoms with Crippen LogP contribution in [0.5, 0.6) is 0 Å². The van der Waals surface area contributed by atoms with Crippen LogP contribution in [-0.4, -0.2) is 82.0 Å². The number of rotatable bonds is 3. The number of esters is 2. The van der Waals surface area contributed by atoms with Crippen LogP contribution in [0.4, 0.5) is 0 Å². The number of carbonyl (C=O) groups is 3. The van der Waals surface area contributed by atoms with Crippen molar-refractivity contribution in [2.75, 3.05) is 54.5 Å². The fourth-order valence-corrected chi connectivity index (χ4v) is 4.71. The predicted molar refractivity (Wildman–Crippen MR) is 133 cm³/mol. The number of thiophene rings is 2. The van der Waals surface area contributed by atoms with Gasteiger partial charge in [0.15, 0.2) is 0 Å². The van der Waals surface area contributed by atoms with Gasteiger partial charge in [-0.25, -0.2) is 9.59 Å². The molecular weight excluding hydrogens is 460 g/mol. The molecule has 0 spiro atoms. The van der Waals surface area contributed by atoms with Crippen LogP contribution in [-0.2, 0) is 14.3 Å². The fraction of sp³-hybridized carbons (Fsp3) is 0.458. The van der Waals surface area contributed by atoms with E-state index in [1.807, 2.05) is 30.6 Å². The van der Waals surface area contributed by atoms with E-state index in [0.717, 1.165) is 45.4 Å². The highest BCUT2D eigenvalue weighted by Crippen LogP contribution is 2.28. The van der Waals surface area contributed by atoms with Gasteiger partial charge in [-0.15, -0.1) is 22.7 Å². The number of carbonyl (C=O) groups excluding carboxylic acids is 3. The van der Waals surface area contributed by atoms with E-state index in [-0.39, 0.29) is 11.9 Å². The highest BCUT2D eigenvalue weighted by Gasteiger charge is 2.14. The van der Waals surface area contributed by atoms with Crippen LogP contribution in [0.15, 0.2) is 35.7 Å². The third-order valence-corrected chi connectivity index (χ3v) is 7.16. The van der Waals surface area contributed by atoms with E-state index in [1.54, 1.807) is 6.07 Å². The Balaban J connectivity index is 0.000000192. The summed E-state index contributed by atoms with van der Waals surface area (Å²) in [5.41, 5.74) is 1.35. The quantitative estimate of drug-likeness (QED) is 0.598. The molecule has 4 rings (SSSR count). The van der Waals surface area contributed by atoms with Crippen LogP contribution >= 0.6 is 22.7 Å². The van der Waals surface area contributed by atoms with Crippen molar-refractivity contribution in [3.8, 4) is 0 Å². The second-order valence-corrected chi connectivity index (χ2v) is 9.74. The molecule has 0 atom stereocenters. The molecule has 0 aromatic carbocycles. The summed E-state index contributed by atoms with van der Waals surface area (Å²) in [6.45, 7) is 3.98. The number of likely N-dealkylation sites (N-methyl/N-ethyl adjacent to an activating group) is 1. The topological polar surface area (TPSA) is 76.2 Å². The Labute approximate surface area is 203 Å². The highest BCUT2D eigenvalue weighted by molar-refractivity contribution is 7.15. The number of hydrogen-bond acceptors (Lipinski definition) is 9. The number of ketones is 1. The van der Waals surface area contributed by atoms with Crippen molar-refractivity contribution >= 4 is 46.0 Å². The minimum Gasteiger partial charge on any atom is -0.465 e. The Kier molecular flexibility index (Phi) is 11.5. The van der Waals surface area contributed by atoms with Crippen molar-refractivity contribution in [2.24, 2.45) is 0 Å². The molecule has 0 amide bonds. The van der Waals surface area contributed by atoms with E-state index in [0.29, 0.717) is 15.5 Å². The van der Waals surface area contributed by atoms with E-state index in [9.17, 15) is 14.4 Å². The summed E-state index contributed by atoms with van der Waals surface area (Å²) in [5, 5.41) is 1.84. The summed E-state index contributed by atoms with van der Waals surface area (Å²) in [7, 11) is 6.95. The molecule has 2 aromatic rings. The molecule has 2 aliphatic heterocycles. The lowest BCUT2D eigenvalue weighted by molar-refractivity contribution is -0.121. The monoisotopic (exact) mass is 492 g/mol. The summed E-state index contributed by atoms with van der Waals surface area (Å²) in [5.74, 6) is -0.0853. The molecule has 0 N–H and O–H groups in total. The van der Waals surface area contributed by atoms with Crippen LogP contribution in [0, 0.1) is 0 Å². The molecule has 7 nitrogen and oxygen atoms in total. The van der Waals surface area contributed by atoms with Crippen LogP contribution in [0.1, 0.15) is 43.5 Å². The zero-order valence-corrected chi connectivity index (χ0v) is 21.3. The molecular formula is C24H32N2O5S2. The van der Waals surface area contributed by atoms with Crippen LogP contribution in [0.25, 0.3) is 5.57 Å². The Morgan fingerprint density at radius 2 is 1.52 bits per heavy atom. The normalized spacial score (nSPS) is 16.5. The third-order valence-electron chi connectivity index (χ3n) is 5.17. The summed E-state index contributed by atoms with van der Waals surface area (Å²) in [6, 6.07) is 7.40. The lowest BCUT2D eigenvalue weighted by Crippen LogP contribution is -2.29. The average Bonchev–Trinajstić information content (AvgIpc) is 3.54. The number of piperidine rings is 1. The second kappa shape index (κ2) is 14.0. The number of nitrogens with zero attached hydrogens (tertiary/aromatic N) is 2. The average molecular weight is 493 g/mol. The minimum atomic E-state index is -0.259. The number of ether oxygens (including phenoxy) is 2. The largest absolute Gasteiger partial charge is 0.465 e. The predicted octanol–water partition coefficient (Wildman–Crippen LogP) is 4.07. The van der Waals surface area contributed by atoms with Gasteiger partial charge < -0.3 is 19.3 Å². The van der Waals surface area contributed by atoms with E-state index in [2.05, 4.69) is 27.7 Å². The van der Waals surface area contributed by atoms with Crippen molar-refractivity contribution in [3.63, 3.8) is 0 Å². The standard InChI is InChI=1S/C12H15NO2S.C6H11NO.C6H6O2S/c1-13-7-5-9(6-8-13)10-3-4-11(16-10)12(14)15-2;1-7-4-2-6(8)3-5-7;1-8-6(7)5-3-2-4-9-5/h3-5H,6-8H2,1-2H3;2-5H2,1H3;2-4H,1H3. The van der Waals surface area contributed by atoms with E-state index >= 15 is 0 Å². The summed E-state index contributed by atoms with van der Waals surface area (Å²) in [6.07, 6.45) is 4.81. The molecule has 0 bridgehead atoms. The van der Waals surface area contributed by atoms with Gasteiger partial charge in [-0.2, -0.15) is 0 Å². The first kappa shape index (κ1) is 26.9. The maximum absolute atomic E-state index is 11.3. The molecule has 2 aromatic heterocycles. The Morgan fingerprint density at radius 1 is 0.879 bits per heavy atom. The van der Waals surface area contributed by atoms with Crippen LogP contribution in [0.3, 0.4) is 0 Å². The van der Waals surface area contributed by atoms with Crippen LogP contribution < -0.4 is 0 Å². The molecule has 9 heteroatoms. The van der Waals surface area contributed by atoms with Gasteiger partial charge in [-0.05, 0) is 49.7 Å². The number of Topliss-reactive ketones (excluding diaryl/α,β-unsaturated/α-hetero) is 1. The third kappa shape index (κ3) is 9.21. The first-order valence-electron chi connectivity index (χ1n) is 10.7. The lowest BCUT2D eigenvalue weighted by atomic mass is 10.1. The molecule has 180 valence electrons. The van der Waals surface area contributed by atoms with E-state index in [1.165, 1.54) is 47.3 Å². The summed E-state index contributed by atoms with van der Waals surface area (Å²) < 4.78 is 9.16. The minimum absolute atomic E-state index is 0.246. The van der Waals surface area contributed by atoms with E-state index in [4.69, 9.17) is 4.74 Å². The highest BCUT2D eigenvalue weighted by atomic mass is 32.1. The van der Waals surface area contributed by atoms with Gasteiger partial charge in [0.2, 0.25) is 0 Å². The van der Waals surface area contributed by atoms with Crippen LogP contribution in [0.2, 0.25) is 0 Å². The molecule has 1 fully saturated rings. The molecule has 0 saturated carbocycles. The molecule has 0 aliphatic carbocycles. The Hall–Kier alpha value is -2.33. The Morgan fingerprint density at radius 3 is 2.03 bits per heavy atom. The summed E-state index contributed by atoms with van der Waals surface area (Å²) in [4.78, 5) is 39.5. The molecule has 0 unspecified atom stereocenters. The van der Waals surface area contributed by atoms with E-state index < -0.39 is 0 Å². The maximum atomic E-state index is 11.3. The SMILES string of the molecule is CN1CCC(=O)CC1.COC(=O)c1ccc(C2=CCN(C)CC2)s1.COC(=O)c1cccs1. The fourth-order valence-electron chi connectivity index (χ4n) is 3.08. The molecule has 0 radical (unpaired) electrons. The smallest absolute Gasteiger partial charge is 0.348 e. The van der Waals surface area contributed by atoms with Gasteiger partial charge in [0.25, 0.3) is 0 Å². The molecule has 2 aliphatic rings. The number of hydrogen-bond donors (Lipinski definition) is 0. The van der Waals surface area contributed by atoms with Crippen molar-refractivity contribution in [2.45, 2.75) is 19.3 Å². The second-order valence-electron chi connectivity index (χ2n) is 7.71. The Bertz CT molecular complexity index is 927. The van der Waals surface area contributed by atoms with Crippen molar-refractivity contribution in [1.82, 2.24) is 9.80 Å². The molecule has 33 heavy (non-hydrogen) atoms.